The highest BCUT2D eigenvalue weighted by molar-refractivity contribution is 8.00. The molecule has 88 valence electrons. The zero-order valence-electron chi connectivity index (χ0n) is 9.40. The van der Waals surface area contributed by atoms with Crippen LogP contribution in [0.4, 0.5) is 0 Å². The van der Waals surface area contributed by atoms with Gasteiger partial charge in [0.25, 0.3) is 0 Å². The first-order valence-corrected chi connectivity index (χ1v) is 6.65. The van der Waals surface area contributed by atoms with E-state index < -0.39 is 0 Å². The Balaban J connectivity index is 2.84. The normalized spacial score (nSPS) is 12.2. The van der Waals surface area contributed by atoms with E-state index in [0.29, 0.717) is 11.6 Å². The zero-order chi connectivity index (χ0) is 12.0. The quantitative estimate of drug-likeness (QED) is 0.754. The number of carbonyl (C=O) groups excluding carboxylic acids is 1. The number of halogens is 1. The lowest BCUT2D eigenvalue weighted by molar-refractivity contribution is -0.142. The SMILES string of the molecule is CCOC(=O)[C@H](SCC)c1ccc(Cl)cc1. The van der Waals surface area contributed by atoms with Crippen LogP contribution in [0, 0.1) is 0 Å². The molecule has 0 bridgehead atoms. The summed E-state index contributed by atoms with van der Waals surface area (Å²) in [7, 11) is 0. The Morgan fingerprint density at radius 1 is 1.38 bits per heavy atom. The van der Waals surface area contributed by atoms with E-state index >= 15 is 0 Å². The van der Waals surface area contributed by atoms with Gasteiger partial charge in [-0.05, 0) is 30.4 Å². The molecule has 0 saturated carbocycles. The van der Waals surface area contributed by atoms with Crippen molar-refractivity contribution in [1.29, 1.82) is 0 Å². The average molecular weight is 259 g/mol. The van der Waals surface area contributed by atoms with Gasteiger partial charge in [0.1, 0.15) is 5.25 Å². The number of carbonyl (C=O) groups is 1. The lowest BCUT2D eigenvalue weighted by atomic mass is 10.1. The van der Waals surface area contributed by atoms with Crippen molar-refractivity contribution in [3.8, 4) is 0 Å². The highest BCUT2D eigenvalue weighted by Crippen LogP contribution is 2.30. The van der Waals surface area contributed by atoms with Gasteiger partial charge in [-0.15, -0.1) is 11.8 Å². The smallest absolute Gasteiger partial charge is 0.323 e. The molecule has 0 unspecified atom stereocenters. The van der Waals surface area contributed by atoms with Crippen molar-refractivity contribution < 1.29 is 9.53 Å². The van der Waals surface area contributed by atoms with E-state index in [4.69, 9.17) is 16.3 Å². The summed E-state index contributed by atoms with van der Waals surface area (Å²) < 4.78 is 5.05. The van der Waals surface area contributed by atoms with Crippen LogP contribution in [0.25, 0.3) is 0 Å². The van der Waals surface area contributed by atoms with Crippen LogP contribution in [-0.2, 0) is 9.53 Å². The number of hydrogen-bond acceptors (Lipinski definition) is 3. The molecule has 0 aliphatic heterocycles. The van der Waals surface area contributed by atoms with Crippen molar-refractivity contribution in [2.24, 2.45) is 0 Å². The predicted molar refractivity (Wildman–Crippen MR) is 69.0 cm³/mol. The molecule has 0 aromatic heterocycles. The van der Waals surface area contributed by atoms with Gasteiger partial charge in [-0.1, -0.05) is 30.7 Å². The summed E-state index contributed by atoms with van der Waals surface area (Å²) in [5.74, 6) is 0.684. The minimum Gasteiger partial charge on any atom is -0.465 e. The Hall–Kier alpha value is -0.670. The monoisotopic (exact) mass is 258 g/mol. The third-order valence-corrected chi connectivity index (χ3v) is 3.39. The van der Waals surface area contributed by atoms with Crippen LogP contribution in [0.5, 0.6) is 0 Å². The molecule has 1 aromatic carbocycles. The van der Waals surface area contributed by atoms with Gasteiger partial charge in [0, 0.05) is 5.02 Å². The van der Waals surface area contributed by atoms with Crippen LogP contribution in [0.2, 0.25) is 5.02 Å². The van der Waals surface area contributed by atoms with Gasteiger partial charge in [0.15, 0.2) is 0 Å². The van der Waals surface area contributed by atoms with E-state index in [9.17, 15) is 4.79 Å². The van der Waals surface area contributed by atoms with E-state index in [1.165, 1.54) is 0 Å². The van der Waals surface area contributed by atoms with Gasteiger partial charge in [-0.25, -0.2) is 0 Å². The third-order valence-electron chi connectivity index (χ3n) is 2.01. The lowest BCUT2D eigenvalue weighted by Gasteiger charge is -2.14. The van der Waals surface area contributed by atoms with Crippen LogP contribution in [0.3, 0.4) is 0 Å². The van der Waals surface area contributed by atoms with E-state index in [1.54, 1.807) is 23.9 Å². The molecule has 4 heteroatoms. The Morgan fingerprint density at radius 2 is 2.00 bits per heavy atom. The molecule has 0 N–H and O–H groups in total. The molecule has 0 heterocycles. The molecular formula is C12H15ClO2S. The Kier molecular flexibility index (Phi) is 5.71. The van der Waals surface area contributed by atoms with Crippen molar-refractivity contribution >= 4 is 29.3 Å². The second-order valence-corrected chi connectivity index (χ2v) is 4.96. The number of thioether (sulfide) groups is 1. The molecule has 0 amide bonds. The van der Waals surface area contributed by atoms with Crippen LogP contribution in [0.15, 0.2) is 24.3 Å². The maximum Gasteiger partial charge on any atom is 0.323 e. The van der Waals surface area contributed by atoms with Crippen LogP contribution < -0.4 is 0 Å². The molecule has 0 radical (unpaired) electrons. The highest BCUT2D eigenvalue weighted by Gasteiger charge is 2.21. The van der Waals surface area contributed by atoms with Crippen LogP contribution >= 0.6 is 23.4 Å². The highest BCUT2D eigenvalue weighted by atomic mass is 35.5. The maximum atomic E-state index is 11.7. The standard InChI is InChI=1S/C12H15ClO2S/c1-3-15-12(14)11(16-4-2)9-5-7-10(13)8-6-9/h5-8,11H,3-4H2,1-2H3/t11-/m1/s1. The van der Waals surface area contributed by atoms with Crippen molar-refractivity contribution in [3.05, 3.63) is 34.9 Å². The zero-order valence-corrected chi connectivity index (χ0v) is 11.0. The Bertz CT molecular complexity index is 337. The summed E-state index contributed by atoms with van der Waals surface area (Å²) in [5.41, 5.74) is 0.940. The van der Waals surface area contributed by atoms with Crippen molar-refractivity contribution in [3.63, 3.8) is 0 Å². The van der Waals surface area contributed by atoms with Gasteiger partial charge < -0.3 is 4.74 Å². The van der Waals surface area contributed by atoms with Crippen LogP contribution in [-0.4, -0.2) is 18.3 Å². The molecule has 1 rings (SSSR count). The fourth-order valence-electron chi connectivity index (χ4n) is 1.32. The molecule has 0 aliphatic rings. The van der Waals surface area contributed by atoms with Crippen molar-refractivity contribution in [2.75, 3.05) is 12.4 Å². The van der Waals surface area contributed by atoms with E-state index in [1.807, 2.05) is 26.0 Å². The molecular weight excluding hydrogens is 244 g/mol. The van der Waals surface area contributed by atoms with Gasteiger partial charge in [0.2, 0.25) is 0 Å². The minimum absolute atomic E-state index is 0.184. The minimum atomic E-state index is -0.248. The van der Waals surface area contributed by atoms with Crippen molar-refractivity contribution in [1.82, 2.24) is 0 Å². The van der Waals surface area contributed by atoms with Crippen molar-refractivity contribution in [2.45, 2.75) is 19.1 Å². The maximum absolute atomic E-state index is 11.7. The fraction of sp³-hybridized carbons (Fsp3) is 0.417. The van der Waals surface area contributed by atoms with E-state index in [-0.39, 0.29) is 11.2 Å². The van der Waals surface area contributed by atoms with Gasteiger partial charge in [-0.2, -0.15) is 0 Å². The summed E-state index contributed by atoms with van der Waals surface area (Å²) in [6.07, 6.45) is 0. The summed E-state index contributed by atoms with van der Waals surface area (Å²) >= 11 is 7.38. The molecule has 0 saturated heterocycles. The Morgan fingerprint density at radius 3 is 2.50 bits per heavy atom. The summed E-state index contributed by atoms with van der Waals surface area (Å²) in [4.78, 5) is 11.7. The first-order chi connectivity index (χ1) is 7.69. The largest absolute Gasteiger partial charge is 0.465 e. The first-order valence-electron chi connectivity index (χ1n) is 5.22. The number of hydrogen-bond donors (Lipinski definition) is 0. The van der Waals surface area contributed by atoms with E-state index in [0.717, 1.165) is 11.3 Å². The Labute approximate surface area is 105 Å². The first kappa shape index (κ1) is 13.4. The number of benzene rings is 1. The second-order valence-electron chi connectivity index (χ2n) is 3.14. The summed E-state index contributed by atoms with van der Waals surface area (Å²) in [6, 6.07) is 7.32. The molecule has 0 spiro atoms. The summed E-state index contributed by atoms with van der Waals surface area (Å²) in [5, 5.41) is 0.426. The molecule has 16 heavy (non-hydrogen) atoms. The second kappa shape index (κ2) is 6.81. The number of rotatable bonds is 5. The fourth-order valence-corrected chi connectivity index (χ4v) is 2.34. The molecule has 0 fully saturated rings. The molecule has 1 atom stereocenters. The molecule has 1 aromatic rings. The predicted octanol–water partition coefficient (Wildman–Crippen LogP) is 3.70. The molecule has 2 nitrogen and oxygen atoms in total. The average Bonchev–Trinajstić information content (AvgIpc) is 2.28. The topological polar surface area (TPSA) is 26.3 Å². The third kappa shape index (κ3) is 3.72. The van der Waals surface area contributed by atoms with E-state index in [2.05, 4.69) is 0 Å². The number of esters is 1. The van der Waals surface area contributed by atoms with Gasteiger partial charge in [-0.3, -0.25) is 4.79 Å². The van der Waals surface area contributed by atoms with Gasteiger partial charge >= 0.3 is 5.97 Å². The number of ether oxygens (including phenoxy) is 1. The lowest BCUT2D eigenvalue weighted by Crippen LogP contribution is -2.13. The van der Waals surface area contributed by atoms with Gasteiger partial charge in [0.05, 0.1) is 6.61 Å². The summed E-state index contributed by atoms with van der Waals surface area (Å²) in [6.45, 7) is 4.24. The molecule has 0 aliphatic carbocycles. The van der Waals surface area contributed by atoms with Crippen LogP contribution in [0.1, 0.15) is 24.7 Å².